The molecular weight excluding hydrogens is 319 g/mol. The van der Waals surface area contributed by atoms with Crippen molar-refractivity contribution in [2.24, 2.45) is 0 Å². The molecule has 0 spiro atoms. The number of alkyl carbamates (subject to hydrolysis) is 1. The zero-order chi connectivity index (χ0) is 18.0. The molecule has 1 aliphatic carbocycles. The van der Waals surface area contributed by atoms with Crippen LogP contribution in [0.4, 0.5) is 9.18 Å². The SMILES string of the molecule is CC(C)(C)OC(=O)NC1C=CC=C2C=C=C(c3ccc(F)cc3)NC21. The molecule has 1 amide bonds. The molecule has 4 nitrogen and oxygen atoms in total. The summed E-state index contributed by atoms with van der Waals surface area (Å²) in [5, 5.41) is 6.25. The highest BCUT2D eigenvalue weighted by molar-refractivity contribution is 5.71. The first kappa shape index (κ1) is 17.1. The van der Waals surface area contributed by atoms with Crippen molar-refractivity contribution in [2.45, 2.75) is 38.5 Å². The molecule has 1 heterocycles. The van der Waals surface area contributed by atoms with E-state index in [1.807, 2.05) is 45.1 Å². The van der Waals surface area contributed by atoms with Crippen molar-refractivity contribution in [2.75, 3.05) is 0 Å². The number of nitrogens with one attached hydrogen (secondary N) is 2. The molecule has 0 saturated heterocycles. The molecule has 0 bridgehead atoms. The van der Waals surface area contributed by atoms with E-state index in [2.05, 4.69) is 16.4 Å². The minimum atomic E-state index is -0.555. The Balaban J connectivity index is 1.76. The second kappa shape index (κ2) is 6.61. The van der Waals surface area contributed by atoms with Crippen molar-refractivity contribution in [1.29, 1.82) is 0 Å². The number of allylic oxidation sites excluding steroid dienone is 2. The Kier molecular flexibility index (Phi) is 4.51. The van der Waals surface area contributed by atoms with E-state index in [4.69, 9.17) is 4.74 Å². The summed E-state index contributed by atoms with van der Waals surface area (Å²) in [6, 6.07) is 5.81. The van der Waals surface area contributed by atoms with Crippen molar-refractivity contribution in [3.63, 3.8) is 0 Å². The quantitative estimate of drug-likeness (QED) is 0.808. The van der Waals surface area contributed by atoms with Crippen LogP contribution in [-0.2, 0) is 4.74 Å². The molecular formula is C20H21FN2O2. The van der Waals surface area contributed by atoms with E-state index in [0.717, 1.165) is 16.8 Å². The molecule has 1 aromatic carbocycles. The monoisotopic (exact) mass is 340 g/mol. The average molecular weight is 340 g/mol. The third-order valence-electron chi connectivity index (χ3n) is 3.82. The van der Waals surface area contributed by atoms with Crippen molar-refractivity contribution in [3.8, 4) is 0 Å². The predicted molar refractivity (Wildman–Crippen MR) is 95.2 cm³/mol. The number of rotatable bonds is 2. The molecule has 0 saturated carbocycles. The van der Waals surface area contributed by atoms with Gasteiger partial charge >= 0.3 is 6.09 Å². The Morgan fingerprint density at radius 1 is 1.28 bits per heavy atom. The Hall–Kier alpha value is -2.78. The normalized spacial score (nSPS) is 21.6. The first-order valence-electron chi connectivity index (χ1n) is 8.19. The first-order chi connectivity index (χ1) is 11.8. The standard InChI is InChI=1S/C20H21FN2O2/c1-20(2,3)25-19(24)23-17-6-4-5-14-9-12-16(22-18(14)17)13-7-10-15(21)11-8-13/h4-11,17-18,22H,1-3H3,(H,23,24). The lowest BCUT2D eigenvalue weighted by molar-refractivity contribution is 0.0509. The summed E-state index contributed by atoms with van der Waals surface area (Å²) in [7, 11) is 0. The molecule has 25 heavy (non-hydrogen) atoms. The number of carbonyl (C=O) groups is 1. The maximum Gasteiger partial charge on any atom is 0.408 e. The number of hydrogen-bond acceptors (Lipinski definition) is 3. The van der Waals surface area contributed by atoms with E-state index >= 15 is 0 Å². The van der Waals surface area contributed by atoms with E-state index in [1.54, 1.807) is 12.1 Å². The summed E-state index contributed by atoms with van der Waals surface area (Å²) < 4.78 is 18.5. The van der Waals surface area contributed by atoms with Crippen molar-refractivity contribution in [3.05, 3.63) is 71.3 Å². The Morgan fingerprint density at radius 2 is 2.00 bits per heavy atom. The van der Waals surface area contributed by atoms with Gasteiger partial charge in [-0.2, -0.15) is 0 Å². The van der Waals surface area contributed by atoms with Gasteiger partial charge in [-0.15, -0.1) is 0 Å². The Bertz CT molecular complexity index is 794. The molecule has 5 heteroatoms. The van der Waals surface area contributed by atoms with E-state index < -0.39 is 11.7 Å². The smallest absolute Gasteiger partial charge is 0.408 e. The highest BCUT2D eigenvalue weighted by Gasteiger charge is 2.29. The average Bonchev–Trinajstić information content (AvgIpc) is 2.54. The fourth-order valence-corrected chi connectivity index (χ4v) is 2.73. The Morgan fingerprint density at radius 3 is 2.68 bits per heavy atom. The van der Waals surface area contributed by atoms with Crippen LogP contribution in [0, 0.1) is 5.82 Å². The second-order valence-corrected chi connectivity index (χ2v) is 7.02. The van der Waals surface area contributed by atoms with E-state index in [1.165, 1.54) is 12.1 Å². The number of hydrogen-bond donors (Lipinski definition) is 2. The molecule has 130 valence electrons. The minimum Gasteiger partial charge on any atom is -0.444 e. The summed E-state index contributed by atoms with van der Waals surface area (Å²) in [6.45, 7) is 5.47. The highest BCUT2D eigenvalue weighted by Crippen LogP contribution is 2.24. The van der Waals surface area contributed by atoms with Crippen LogP contribution in [-0.4, -0.2) is 23.8 Å². The molecule has 2 aliphatic rings. The maximum absolute atomic E-state index is 13.1. The van der Waals surface area contributed by atoms with Gasteiger partial charge in [0.2, 0.25) is 0 Å². The number of carbonyl (C=O) groups excluding carboxylic acids is 1. The summed E-state index contributed by atoms with van der Waals surface area (Å²) in [6.07, 6.45) is 7.20. The molecule has 2 atom stereocenters. The Labute approximate surface area is 146 Å². The zero-order valence-corrected chi connectivity index (χ0v) is 14.5. The van der Waals surface area contributed by atoms with Gasteiger partial charge in [0, 0.05) is 5.56 Å². The molecule has 0 aromatic heterocycles. The van der Waals surface area contributed by atoms with Gasteiger partial charge in [0.05, 0.1) is 17.8 Å². The first-order valence-corrected chi connectivity index (χ1v) is 8.19. The summed E-state index contributed by atoms with van der Waals surface area (Å²) in [5.41, 5.74) is 5.22. The van der Waals surface area contributed by atoms with Crippen LogP contribution in [0.15, 0.2) is 59.9 Å². The van der Waals surface area contributed by atoms with Crippen molar-refractivity contribution in [1.82, 2.24) is 10.6 Å². The van der Waals surface area contributed by atoms with Gasteiger partial charge in [-0.25, -0.2) is 9.18 Å². The molecule has 0 radical (unpaired) electrons. The van der Waals surface area contributed by atoms with Crippen LogP contribution >= 0.6 is 0 Å². The summed E-state index contributed by atoms with van der Waals surface area (Å²) in [5.74, 6) is -0.283. The van der Waals surface area contributed by atoms with E-state index in [0.29, 0.717) is 0 Å². The van der Waals surface area contributed by atoms with Gasteiger partial charge < -0.3 is 15.4 Å². The number of ether oxygens (including phenoxy) is 1. The fraction of sp³-hybridized carbons (Fsp3) is 0.300. The van der Waals surface area contributed by atoms with Crippen LogP contribution in [0.3, 0.4) is 0 Å². The van der Waals surface area contributed by atoms with E-state index in [9.17, 15) is 9.18 Å². The lowest BCUT2D eigenvalue weighted by Crippen LogP contribution is -2.51. The van der Waals surface area contributed by atoms with Gasteiger partial charge in [0.15, 0.2) is 0 Å². The van der Waals surface area contributed by atoms with Crippen LogP contribution < -0.4 is 10.6 Å². The van der Waals surface area contributed by atoms with E-state index in [-0.39, 0.29) is 17.9 Å². The van der Waals surface area contributed by atoms with Gasteiger partial charge in [-0.05, 0) is 56.7 Å². The van der Waals surface area contributed by atoms with Crippen molar-refractivity contribution >= 4 is 11.8 Å². The predicted octanol–water partition coefficient (Wildman–Crippen LogP) is 3.68. The number of benzene rings is 1. The van der Waals surface area contributed by atoms with Gasteiger partial charge in [0.25, 0.3) is 0 Å². The van der Waals surface area contributed by atoms with Crippen LogP contribution in [0.1, 0.15) is 26.3 Å². The second-order valence-electron chi connectivity index (χ2n) is 7.02. The molecule has 3 rings (SSSR count). The zero-order valence-electron chi connectivity index (χ0n) is 14.5. The lowest BCUT2D eigenvalue weighted by Gasteiger charge is -2.33. The van der Waals surface area contributed by atoms with Gasteiger partial charge in [0.1, 0.15) is 11.4 Å². The van der Waals surface area contributed by atoms with Crippen LogP contribution in [0.25, 0.3) is 5.70 Å². The van der Waals surface area contributed by atoms with Crippen molar-refractivity contribution < 1.29 is 13.9 Å². The van der Waals surface area contributed by atoms with Crippen LogP contribution in [0.2, 0.25) is 0 Å². The third-order valence-corrected chi connectivity index (χ3v) is 3.82. The molecule has 1 aliphatic heterocycles. The third kappa shape index (κ3) is 4.20. The minimum absolute atomic E-state index is 0.140. The number of amides is 1. The molecule has 2 N–H and O–H groups in total. The lowest BCUT2D eigenvalue weighted by atomic mass is 9.91. The fourth-order valence-electron chi connectivity index (χ4n) is 2.73. The largest absolute Gasteiger partial charge is 0.444 e. The molecule has 0 fully saturated rings. The number of fused-ring (bicyclic) bond motifs is 1. The van der Waals surface area contributed by atoms with Gasteiger partial charge in [-0.3, -0.25) is 0 Å². The van der Waals surface area contributed by atoms with Crippen LogP contribution in [0.5, 0.6) is 0 Å². The topological polar surface area (TPSA) is 50.4 Å². The molecule has 2 unspecified atom stereocenters. The highest BCUT2D eigenvalue weighted by atomic mass is 19.1. The summed E-state index contributed by atoms with van der Waals surface area (Å²) >= 11 is 0. The van der Waals surface area contributed by atoms with Gasteiger partial charge in [-0.1, -0.05) is 24.0 Å². The number of halogens is 1. The summed E-state index contributed by atoms with van der Waals surface area (Å²) in [4.78, 5) is 12.1. The maximum atomic E-state index is 13.1. The molecule has 1 aromatic rings.